The summed E-state index contributed by atoms with van der Waals surface area (Å²) in [7, 11) is 0. The van der Waals surface area contributed by atoms with Crippen LogP contribution in [-0.4, -0.2) is 47.7 Å². The second-order valence-electron chi connectivity index (χ2n) is 4.69. The summed E-state index contributed by atoms with van der Waals surface area (Å²) < 4.78 is 5.40. The van der Waals surface area contributed by atoms with E-state index in [4.69, 9.17) is 4.74 Å². The number of hydrogen-bond donors (Lipinski definition) is 3. The monoisotopic (exact) mass is 215 g/mol. The average molecular weight is 215 g/mol. The largest absolute Gasteiger partial charge is 0.390 e. The zero-order valence-corrected chi connectivity index (χ0v) is 9.22. The molecular weight excluding hydrogens is 194 g/mol. The summed E-state index contributed by atoms with van der Waals surface area (Å²) in [6, 6.07) is 0.0949. The molecule has 1 heterocycles. The van der Waals surface area contributed by atoms with Crippen LogP contribution in [0.3, 0.4) is 0 Å². The number of ether oxygens (including phenoxy) is 1. The first-order valence-electron chi connectivity index (χ1n) is 5.95. The van der Waals surface area contributed by atoms with Gasteiger partial charge in [-0.25, -0.2) is 0 Å². The zero-order valence-electron chi connectivity index (χ0n) is 9.22. The second-order valence-corrected chi connectivity index (χ2v) is 4.69. The first-order valence-corrected chi connectivity index (χ1v) is 5.95. The highest BCUT2D eigenvalue weighted by Crippen LogP contribution is 2.34. The Morgan fingerprint density at radius 3 is 2.87 bits per heavy atom. The van der Waals surface area contributed by atoms with E-state index in [0.29, 0.717) is 6.61 Å². The molecule has 1 aliphatic heterocycles. The van der Waals surface area contributed by atoms with Crippen molar-refractivity contribution in [1.29, 1.82) is 0 Å². The van der Waals surface area contributed by atoms with Gasteiger partial charge in [0.15, 0.2) is 0 Å². The lowest BCUT2D eigenvalue weighted by Gasteiger charge is -2.35. The van der Waals surface area contributed by atoms with Crippen LogP contribution in [0.2, 0.25) is 0 Å². The average Bonchev–Trinajstić information content (AvgIpc) is 2.48. The Kier molecular flexibility index (Phi) is 3.61. The molecule has 0 aromatic carbocycles. The van der Waals surface area contributed by atoms with Gasteiger partial charge < -0.3 is 20.3 Å². The number of rotatable bonds is 4. The molecule has 1 saturated heterocycles. The number of fused-ring (bicyclic) bond motifs is 2. The Morgan fingerprint density at radius 1 is 1.33 bits per heavy atom. The lowest BCUT2D eigenvalue weighted by Crippen LogP contribution is -2.55. The van der Waals surface area contributed by atoms with E-state index in [0.717, 1.165) is 25.8 Å². The molecule has 2 fully saturated rings. The molecular formula is C11H21NO3. The minimum Gasteiger partial charge on any atom is -0.390 e. The van der Waals surface area contributed by atoms with E-state index in [2.05, 4.69) is 12.2 Å². The molecule has 0 unspecified atom stereocenters. The minimum atomic E-state index is -0.560. The molecule has 0 spiro atoms. The summed E-state index contributed by atoms with van der Waals surface area (Å²) >= 11 is 0. The molecule has 2 bridgehead atoms. The molecule has 88 valence electrons. The third kappa shape index (κ3) is 2.18. The first kappa shape index (κ1) is 11.3. The molecule has 2 rings (SSSR count). The molecule has 2 aliphatic rings. The molecule has 0 aromatic rings. The fraction of sp³-hybridized carbons (Fsp3) is 1.00. The van der Waals surface area contributed by atoms with E-state index in [1.54, 1.807) is 0 Å². The highest BCUT2D eigenvalue weighted by atomic mass is 16.5. The van der Waals surface area contributed by atoms with Crippen molar-refractivity contribution in [1.82, 2.24) is 5.32 Å². The number of nitrogens with one attached hydrogen (secondary N) is 1. The first-order chi connectivity index (χ1) is 7.24. The third-order valence-corrected chi connectivity index (χ3v) is 3.56. The third-order valence-electron chi connectivity index (χ3n) is 3.56. The van der Waals surface area contributed by atoms with Gasteiger partial charge >= 0.3 is 0 Å². The van der Waals surface area contributed by atoms with Gasteiger partial charge in [0, 0.05) is 12.0 Å². The standard InChI is InChI=1S/C11H21NO3/c1-2-3-4-12-8-5-7-6-15-11(9(7)13)10(8)14/h7-14H,2-6H2,1H3/t7-,8-,9-,10+,11-/m1/s1. The van der Waals surface area contributed by atoms with Crippen LogP contribution in [0.5, 0.6) is 0 Å². The fourth-order valence-corrected chi connectivity index (χ4v) is 2.57. The molecule has 4 nitrogen and oxygen atoms in total. The zero-order chi connectivity index (χ0) is 10.8. The molecule has 1 aliphatic carbocycles. The lowest BCUT2D eigenvalue weighted by atomic mass is 9.82. The van der Waals surface area contributed by atoms with Gasteiger partial charge in [-0.3, -0.25) is 0 Å². The smallest absolute Gasteiger partial charge is 0.111 e. The molecule has 0 aromatic heterocycles. The Balaban J connectivity index is 1.87. The van der Waals surface area contributed by atoms with Crippen molar-refractivity contribution < 1.29 is 14.9 Å². The maximum atomic E-state index is 9.98. The highest BCUT2D eigenvalue weighted by molar-refractivity contribution is 5.00. The Morgan fingerprint density at radius 2 is 2.13 bits per heavy atom. The van der Waals surface area contributed by atoms with Crippen LogP contribution in [0.1, 0.15) is 26.2 Å². The summed E-state index contributed by atoms with van der Waals surface area (Å²) in [5.74, 6) is 0.206. The predicted molar refractivity (Wildman–Crippen MR) is 56.6 cm³/mol. The van der Waals surface area contributed by atoms with Crippen LogP contribution in [0.25, 0.3) is 0 Å². The predicted octanol–water partition coefficient (Wildman–Crippen LogP) is -0.115. The maximum Gasteiger partial charge on any atom is 0.111 e. The number of hydrogen-bond acceptors (Lipinski definition) is 4. The van der Waals surface area contributed by atoms with Crippen LogP contribution in [0.4, 0.5) is 0 Å². The number of aliphatic hydroxyl groups is 2. The van der Waals surface area contributed by atoms with E-state index in [1.165, 1.54) is 0 Å². The molecule has 5 atom stereocenters. The normalized spacial score (nSPS) is 44.6. The van der Waals surface area contributed by atoms with Crippen LogP contribution in [0, 0.1) is 5.92 Å². The van der Waals surface area contributed by atoms with E-state index in [-0.39, 0.29) is 18.1 Å². The van der Waals surface area contributed by atoms with E-state index in [1.807, 2.05) is 0 Å². The van der Waals surface area contributed by atoms with E-state index < -0.39 is 12.2 Å². The number of aliphatic hydroxyl groups excluding tert-OH is 2. The molecule has 0 amide bonds. The van der Waals surface area contributed by atoms with Crippen molar-refractivity contribution in [2.45, 2.75) is 50.5 Å². The van der Waals surface area contributed by atoms with Gasteiger partial charge in [0.05, 0.1) is 18.8 Å². The van der Waals surface area contributed by atoms with Gasteiger partial charge in [0.2, 0.25) is 0 Å². The Labute approximate surface area is 90.6 Å². The fourth-order valence-electron chi connectivity index (χ4n) is 2.57. The van der Waals surface area contributed by atoms with E-state index >= 15 is 0 Å². The van der Waals surface area contributed by atoms with Crippen molar-refractivity contribution in [3.05, 3.63) is 0 Å². The van der Waals surface area contributed by atoms with Crippen molar-refractivity contribution in [3.63, 3.8) is 0 Å². The molecule has 4 heteroatoms. The molecule has 3 N–H and O–H groups in total. The Hall–Kier alpha value is -0.160. The van der Waals surface area contributed by atoms with Gasteiger partial charge in [-0.2, -0.15) is 0 Å². The minimum absolute atomic E-state index is 0.0949. The summed E-state index contributed by atoms with van der Waals surface area (Å²) in [4.78, 5) is 0. The Bertz CT molecular complexity index is 212. The lowest BCUT2D eigenvalue weighted by molar-refractivity contribution is -0.0754. The van der Waals surface area contributed by atoms with Gasteiger partial charge in [-0.1, -0.05) is 13.3 Å². The number of unbranched alkanes of at least 4 members (excludes halogenated alkanes) is 1. The SMILES string of the molecule is CCCCN[C@@H]1C[C@@H]2CO[C@H]([C@@H]2O)[C@H]1O. The second kappa shape index (κ2) is 4.78. The maximum absolute atomic E-state index is 9.98. The molecule has 15 heavy (non-hydrogen) atoms. The summed E-state index contributed by atoms with van der Waals surface area (Å²) in [6.45, 7) is 3.68. The van der Waals surface area contributed by atoms with Crippen molar-refractivity contribution >= 4 is 0 Å². The topological polar surface area (TPSA) is 61.7 Å². The van der Waals surface area contributed by atoms with Crippen LogP contribution in [0.15, 0.2) is 0 Å². The van der Waals surface area contributed by atoms with Crippen LogP contribution in [-0.2, 0) is 4.74 Å². The van der Waals surface area contributed by atoms with Crippen LogP contribution < -0.4 is 5.32 Å². The van der Waals surface area contributed by atoms with Gasteiger partial charge in [0.25, 0.3) is 0 Å². The van der Waals surface area contributed by atoms with Crippen molar-refractivity contribution in [2.75, 3.05) is 13.2 Å². The van der Waals surface area contributed by atoms with E-state index in [9.17, 15) is 10.2 Å². The summed E-state index contributed by atoms with van der Waals surface area (Å²) in [5, 5.41) is 23.1. The van der Waals surface area contributed by atoms with Crippen LogP contribution >= 0.6 is 0 Å². The summed E-state index contributed by atoms with van der Waals surface area (Å²) in [5.41, 5.74) is 0. The molecule has 0 radical (unpaired) electrons. The summed E-state index contributed by atoms with van der Waals surface area (Å²) in [6.07, 6.45) is 1.70. The molecule has 1 saturated carbocycles. The quantitative estimate of drug-likeness (QED) is 0.572. The van der Waals surface area contributed by atoms with Gasteiger partial charge in [0.1, 0.15) is 6.10 Å². The van der Waals surface area contributed by atoms with Gasteiger partial charge in [-0.05, 0) is 19.4 Å². The van der Waals surface area contributed by atoms with Crippen molar-refractivity contribution in [3.8, 4) is 0 Å². The van der Waals surface area contributed by atoms with Gasteiger partial charge in [-0.15, -0.1) is 0 Å². The highest BCUT2D eigenvalue weighted by Gasteiger charge is 2.48. The van der Waals surface area contributed by atoms with Crippen molar-refractivity contribution in [2.24, 2.45) is 5.92 Å².